The lowest BCUT2D eigenvalue weighted by atomic mass is 9.86. The quantitative estimate of drug-likeness (QED) is 0.603. The van der Waals surface area contributed by atoms with Crippen molar-refractivity contribution in [1.82, 2.24) is 19.7 Å². The number of primary amides is 1. The van der Waals surface area contributed by atoms with Gasteiger partial charge in [0, 0.05) is 17.0 Å². The Morgan fingerprint density at radius 1 is 1.28 bits per heavy atom. The van der Waals surface area contributed by atoms with E-state index >= 15 is 0 Å². The number of nitrogens with two attached hydrogens (primary N) is 1. The molecular weight excluding hydrogens is 422 g/mol. The average Bonchev–Trinajstić information content (AvgIpc) is 3.37. The fourth-order valence-corrected chi connectivity index (χ4v) is 5.30. The Morgan fingerprint density at radius 3 is 2.75 bits per heavy atom. The number of carbonyl (C=O) groups excluding carboxylic acids is 1. The van der Waals surface area contributed by atoms with Crippen molar-refractivity contribution in [2.45, 2.75) is 50.7 Å². The van der Waals surface area contributed by atoms with Gasteiger partial charge in [-0.05, 0) is 56.4 Å². The number of imidazole rings is 1. The van der Waals surface area contributed by atoms with Crippen molar-refractivity contribution in [3.63, 3.8) is 0 Å². The molecule has 3 aromatic rings. The maximum absolute atomic E-state index is 12.4. The predicted molar refractivity (Wildman–Crippen MR) is 122 cm³/mol. The molecule has 2 aromatic heterocycles. The van der Waals surface area contributed by atoms with Gasteiger partial charge in [-0.2, -0.15) is 0 Å². The first-order valence-corrected chi connectivity index (χ1v) is 11.5. The van der Waals surface area contributed by atoms with Crippen molar-refractivity contribution in [2.24, 2.45) is 5.73 Å². The number of carbonyl (C=O) groups is 1. The first-order chi connectivity index (χ1) is 15.3. The Morgan fingerprint density at radius 2 is 2.06 bits per heavy atom. The lowest BCUT2D eigenvalue weighted by Gasteiger charge is -2.26. The third kappa shape index (κ3) is 3.08. The van der Waals surface area contributed by atoms with Crippen LogP contribution >= 0.6 is 11.3 Å². The maximum atomic E-state index is 12.4. The van der Waals surface area contributed by atoms with Crippen LogP contribution < -0.4 is 5.73 Å². The zero-order valence-electron chi connectivity index (χ0n) is 17.7. The van der Waals surface area contributed by atoms with Crippen LogP contribution in [0.4, 0.5) is 0 Å². The molecule has 160 valence electrons. The number of hydrogen-bond acceptors (Lipinski definition) is 6. The Bertz CT molecular complexity index is 1390. The van der Waals surface area contributed by atoms with Crippen LogP contribution in [0.2, 0.25) is 0 Å². The van der Waals surface area contributed by atoms with Crippen LogP contribution in [0.15, 0.2) is 24.3 Å². The van der Waals surface area contributed by atoms with Crippen LogP contribution in [0.5, 0.6) is 0 Å². The summed E-state index contributed by atoms with van der Waals surface area (Å²) >= 11 is 1.53. The van der Waals surface area contributed by atoms with Gasteiger partial charge in [-0.15, -0.1) is 10.2 Å². The Balaban J connectivity index is 1.56. The summed E-state index contributed by atoms with van der Waals surface area (Å²) in [6.45, 7) is 3.30. The smallest absolute Gasteiger partial charge is 0.269 e. The van der Waals surface area contributed by atoms with Gasteiger partial charge in [0.15, 0.2) is 10.7 Å². The lowest BCUT2D eigenvalue weighted by Crippen LogP contribution is -2.17. The lowest BCUT2D eigenvalue weighted by molar-refractivity contribution is 0.0996. The van der Waals surface area contributed by atoms with Gasteiger partial charge in [-0.1, -0.05) is 35.3 Å². The molecular formula is C24H21N5O2S. The molecule has 2 bridgehead atoms. The van der Waals surface area contributed by atoms with Crippen LogP contribution in [0.1, 0.15) is 71.7 Å². The van der Waals surface area contributed by atoms with E-state index in [0.717, 1.165) is 41.0 Å². The summed E-state index contributed by atoms with van der Waals surface area (Å²) in [4.78, 5) is 17.1. The molecule has 8 heteroatoms. The minimum Gasteiger partial charge on any atom is -0.378 e. The average molecular weight is 444 g/mol. The number of benzene rings is 1. The van der Waals surface area contributed by atoms with E-state index in [2.05, 4.69) is 32.7 Å². The van der Waals surface area contributed by atoms with E-state index in [1.165, 1.54) is 16.9 Å². The van der Waals surface area contributed by atoms with Gasteiger partial charge >= 0.3 is 0 Å². The number of allylic oxidation sites excluding steroid dienone is 2. The molecule has 4 heterocycles. The molecule has 4 aliphatic rings. The van der Waals surface area contributed by atoms with Crippen molar-refractivity contribution >= 4 is 22.8 Å². The normalized spacial score (nSPS) is 18.5. The van der Waals surface area contributed by atoms with Gasteiger partial charge in [0.2, 0.25) is 0 Å². The molecule has 32 heavy (non-hydrogen) atoms. The molecule has 2 aliphatic heterocycles. The fraction of sp³-hybridized carbons (Fsp3) is 0.333. The molecule has 0 spiro atoms. The van der Waals surface area contributed by atoms with Crippen molar-refractivity contribution < 1.29 is 9.90 Å². The van der Waals surface area contributed by atoms with Gasteiger partial charge in [0.1, 0.15) is 22.1 Å². The Labute approximate surface area is 189 Å². The molecule has 1 atom stereocenters. The van der Waals surface area contributed by atoms with Crippen molar-refractivity contribution in [1.29, 1.82) is 0 Å². The molecule has 1 amide bonds. The molecule has 1 unspecified atom stereocenters. The number of nitrogens with zero attached hydrogens (tertiary/aromatic N) is 4. The molecule has 7 nitrogen and oxygen atoms in total. The Kier molecular flexibility index (Phi) is 4.01. The molecule has 1 saturated carbocycles. The maximum Gasteiger partial charge on any atom is 0.269 e. The summed E-state index contributed by atoms with van der Waals surface area (Å²) < 4.78 is 2.08. The summed E-state index contributed by atoms with van der Waals surface area (Å²) in [7, 11) is 0. The molecule has 0 saturated heterocycles. The summed E-state index contributed by atoms with van der Waals surface area (Å²) in [6.07, 6.45) is 5.33. The molecule has 7 rings (SSSR count). The highest BCUT2D eigenvalue weighted by molar-refractivity contribution is 7.14. The second kappa shape index (κ2) is 6.61. The number of rotatable bonds is 3. The van der Waals surface area contributed by atoms with Crippen molar-refractivity contribution in [2.75, 3.05) is 0 Å². The molecule has 1 fully saturated rings. The number of aliphatic hydroxyl groups is 1. The Hall–Kier alpha value is -3.28. The SMILES string of the molecule is CC(C)(O)C#Cc1ccc2c(c1)-c1nc(C(N)=O)c(-c3nnc(C4CC4)s3)n1C1C=C2C1. The van der Waals surface area contributed by atoms with Gasteiger partial charge in [0.05, 0.1) is 6.04 Å². The standard InChI is InChI=1S/C24H21N5O2S/c1-24(2,31)8-7-12-3-6-16-14-10-15(11-14)29-19(23-28-27-22(32-23)13-4-5-13)18(20(25)30)26-21(29)17(16)9-12/h3,6,9-10,13,15,31H,4-5,11H2,1-2H3,(H2,25,30). The van der Waals surface area contributed by atoms with Crippen molar-refractivity contribution in [3.8, 4) is 33.9 Å². The number of amides is 1. The van der Waals surface area contributed by atoms with Crippen LogP contribution in [-0.4, -0.2) is 36.4 Å². The highest BCUT2D eigenvalue weighted by Crippen LogP contribution is 2.50. The highest BCUT2D eigenvalue weighted by atomic mass is 32.1. The van der Waals surface area contributed by atoms with Crippen molar-refractivity contribution in [3.05, 3.63) is 46.1 Å². The first kappa shape index (κ1) is 19.4. The van der Waals surface area contributed by atoms with E-state index in [1.807, 2.05) is 18.2 Å². The largest absolute Gasteiger partial charge is 0.378 e. The summed E-state index contributed by atoms with van der Waals surface area (Å²) in [5.74, 6) is 6.50. The van der Waals surface area contributed by atoms with Crippen LogP contribution in [0, 0.1) is 11.8 Å². The minimum absolute atomic E-state index is 0.0854. The third-order valence-electron chi connectivity index (χ3n) is 5.99. The van der Waals surface area contributed by atoms with E-state index in [-0.39, 0.29) is 11.7 Å². The zero-order chi connectivity index (χ0) is 22.2. The second-order valence-corrected chi connectivity index (χ2v) is 10.1. The van der Waals surface area contributed by atoms with E-state index in [4.69, 9.17) is 10.7 Å². The highest BCUT2D eigenvalue weighted by Gasteiger charge is 2.37. The van der Waals surface area contributed by atoms with E-state index < -0.39 is 11.5 Å². The van der Waals surface area contributed by atoms with Gasteiger partial charge in [-0.3, -0.25) is 4.79 Å². The fourth-order valence-electron chi connectivity index (χ4n) is 4.25. The van der Waals surface area contributed by atoms with E-state index in [1.54, 1.807) is 13.8 Å². The predicted octanol–water partition coefficient (Wildman–Crippen LogP) is 3.51. The third-order valence-corrected chi connectivity index (χ3v) is 7.08. The summed E-state index contributed by atoms with van der Waals surface area (Å²) in [6, 6.07) is 6.05. The van der Waals surface area contributed by atoms with E-state index in [9.17, 15) is 9.90 Å². The second-order valence-electron chi connectivity index (χ2n) is 9.12. The van der Waals surface area contributed by atoms with Gasteiger partial charge < -0.3 is 15.4 Å². The topological polar surface area (TPSA) is 107 Å². The van der Waals surface area contributed by atoms with Gasteiger partial charge in [-0.25, -0.2) is 4.98 Å². The number of aromatic nitrogens is 4. The van der Waals surface area contributed by atoms with Crippen LogP contribution in [0.25, 0.3) is 27.7 Å². The van der Waals surface area contributed by atoms with Crippen LogP contribution in [0.3, 0.4) is 0 Å². The van der Waals surface area contributed by atoms with Gasteiger partial charge in [0.25, 0.3) is 5.91 Å². The first-order valence-electron chi connectivity index (χ1n) is 10.7. The molecule has 1 aromatic carbocycles. The molecule has 3 N–H and O–H groups in total. The molecule has 0 radical (unpaired) electrons. The monoisotopic (exact) mass is 443 g/mol. The van der Waals surface area contributed by atoms with Crippen LogP contribution in [-0.2, 0) is 0 Å². The minimum atomic E-state index is -1.08. The number of hydrogen-bond donors (Lipinski definition) is 2. The summed E-state index contributed by atoms with van der Waals surface area (Å²) in [5, 5.41) is 20.5. The van der Waals surface area contributed by atoms with E-state index in [0.29, 0.717) is 22.4 Å². The molecule has 2 aliphatic carbocycles. The zero-order valence-corrected chi connectivity index (χ0v) is 18.5. The summed E-state index contributed by atoms with van der Waals surface area (Å²) in [5.41, 5.74) is 9.56.